The fraction of sp³-hybridized carbons (Fsp3) is 0. The van der Waals surface area contributed by atoms with Gasteiger partial charge in [-0.15, -0.1) is 0 Å². The molecule has 1 heterocycles. The molecule has 0 radical (unpaired) electrons. The predicted octanol–water partition coefficient (Wildman–Crippen LogP) is 3.95. The molecule has 18 heavy (non-hydrogen) atoms. The Labute approximate surface area is 119 Å². The lowest BCUT2D eigenvalue weighted by Crippen LogP contribution is -2.01. The number of hydrogen-bond donors (Lipinski definition) is 3. The summed E-state index contributed by atoms with van der Waals surface area (Å²) in [5.41, 5.74) is 12.2. The summed E-state index contributed by atoms with van der Waals surface area (Å²) in [4.78, 5) is 4.07. The lowest BCUT2D eigenvalue weighted by Gasteiger charge is -2.10. The van der Waals surface area contributed by atoms with Crippen LogP contribution < -0.4 is 16.8 Å². The number of hydrogen-bond acceptors (Lipinski definition) is 4. The van der Waals surface area contributed by atoms with E-state index < -0.39 is 0 Å². The van der Waals surface area contributed by atoms with Gasteiger partial charge in [0.15, 0.2) is 0 Å². The van der Waals surface area contributed by atoms with Crippen molar-refractivity contribution in [2.75, 3.05) is 16.8 Å². The van der Waals surface area contributed by atoms with Crippen molar-refractivity contribution >= 4 is 57.8 Å². The van der Waals surface area contributed by atoms with E-state index in [1.165, 1.54) is 0 Å². The zero-order valence-electron chi connectivity index (χ0n) is 9.05. The summed E-state index contributed by atoms with van der Waals surface area (Å²) < 4.78 is 0. The highest BCUT2D eigenvalue weighted by molar-refractivity contribution is 6.44. The van der Waals surface area contributed by atoms with Gasteiger partial charge >= 0.3 is 0 Å². The maximum atomic E-state index is 6.03. The molecule has 4 nitrogen and oxygen atoms in total. The first-order valence-corrected chi connectivity index (χ1v) is 6.04. The Bertz CT molecular complexity index is 601. The Morgan fingerprint density at radius 3 is 2.28 bits per heavy atom. The molecule has 94 valence electrons. The first-order valence-electron chi connectivity index (χ1n) is 4.91. The summed E-state index contributed by atoms with van der Waals surface area (Å²) >= 11 is 17.8. The Morgan fingerprint density at radius 2 is 1.61 bits per heavy atom. The smallest absolute Gasteiger partial charge is 0.149 e. The van der Waals surface area contributed by atoms with Crippen LogP contribution in [-0.4, -0.2) is 4.98 Å². The van der Waals surface area contributed by atoms with Crippen molar-refractivity contribution in [3.05, 3.63) is 39.3 Å². The zero-order valence-corrected chi connectivity index (χ0v) is 11.3. The summed E-state index contributed by atoms with van der Waals surface area (Å²) in [5.74, 6) is 0.762. The molecule has 5 N–H and O–H groups in total. The number of aromatic nitrogens is 1. The molecule has 7 heteroatoms. The van der Waals surface area contributed by atoms with Crippen molar-refractivity contribution in [2.24, 2.45) is 0 Å². The van der Waals surface area contributed by atoms with E-state index in [4.69, 9.17) is 46.3 Å². The molecule has 0 spiro atoms. The number of nitrogens with two attached hydrogens (primary N) is 2. The maximum absolute atomic E-state index is 6.03. The van der Waals surface area contributed by atoms with E-state index in [-0.39, 0.29) is 5.82 Å². The first kappa shape index (κ1) is 13.1. The van der Waals surface area contributed by atoms with Crippen LogP contribution >= 0.6 is 34.8 Å². The number of nitrogens with one attached hydrogen (secondary N) is 1. The van der Waals surface area contributed by atoms with Gasteiger partial charge in [0.1, 0.15) is 11.6 Å². The number of halogens is 3. The second-order valence-corrected chi connectivity index (χ2v) is 4.76. The Hall–Kier alpha value is -1.36. The average molecular weight is 304 g/mol. The van der Waals surface area contributed by atoms with E-state index in [1.54, 1.807) is 24.3 Å². The molecule has 0 aliphatic carbocycles. The molecule has 0 unspecified atom stereocenters. The average Bonchev–Trinajstić information content (AvgIpc) is 2.31. The second kappa shape index (κ2) is 5.10. The van der Waals surface area contributed by atoms with Gasteiger partial charge in [0.25, 0.3) is 0 Å². The van der Waals surface area contributed by atoms with Crippen molar-refractivity contribution in [1.82, 2.24) is 4.98 Å². The molecule has 0 saturated carbocycles. The van der Waals surface area contributed by atoms with Crippen LogP contribution in [0.15, 0.2) is 24.3 Å². The highest BCUT2D eigenvalue weighted by Crippen LogP contribution is 2.33. The molecule has 0 atom stereocenters. The van der Waals surface area contributed by atoms with Gasteiger partial charge in [0.05, 0.1) is 26.4 Å². The minimum absolute atomic E-state index is 0.246. The molecule has 0 saturated heterocycles. The molecular formula is C11H9Cl3N4. The standard InChI is InChI=1S/C11H9Cl3N4/c12-5-3-7(14)9(4-6(5)13)17-10-2-1-8(15)11(16)18-10/h1-4H,15H2,(H3,16,17,18). The predicted molar refractivity (Wildman–Crippen MR) is 77.8 cm³/mol. The van der Waals surface area contributed by atoms with E-state index in [0.29, 0.717) is 32.3 Å². The Kier molecular flexibility index (Phi) is 3.71. The van der Waals surface area contributed by atoms with E-state index in [9.17, 15) is 0 Å². The van der Waals surface area contributed by atoms with Gasteiger partial charge < -0.3 is 16.8 Å². The van der Waals surface area contributed by atoms with E-state index in [1.807, 2.05) is 0 Å². The SMILES string of the molecule is Nc1ccc(Nc2cc(Cl)c(Cl)cc2Cl)nc1N. The summed E-state index contributed by atoms with van der Waals surface area (Å²) in [5, 5.41) is 4.20. The largest absolute Gasteiger partial charge is 0.396 e. The number of nitrogen functional groups attached to an aromatic ring is 2. The van der Waals surface area contributed by atoms with E-state index in [0.717, 1.165) is 0 Å². The van der Waals surface area contributed by atoms with Gasteiger partial charge in [-0.3, -0.25) is 0 Å². The van der Waals surface area contributed by atoms with Crippen LogP contribution in [0.3, 0.4) is 0 Å². The van der Waals surface area contributed by atoms with Gasteiger partial charge in [0.2, 0.25) is 0 Å². The molecule has 1 aromatic heterocycles. The third-order valence-corrected chi connectivity index (χ3v) is 3.26. The van der Waals surface area contributed by atoms with Crippen LogP contribution in [0.1, 0.15) is 0 Å². The van der Waals surface area contributed by atoms with E-state index >= 15 is 0 Å². The number of benzene rings is 1. The number of pyridine rings is 1. The highest BCUT2D eigenvalue weighted by atomic mass is 35.5. The van der Waals surface area contributed by atoms with Crippen LogP contribution in [0.4, 0.5) is 23.0 Å². The molecule has 2 rings (SSSR count). The number of nitrogens with zero attached hydrogens (tertiary/aromatic N) is 1. The molecule has 0 amide bonds. The van der Waals surface area contributed by atoms with Gasteiger partial charge in [-0.05, 0) is 24.3 Å². The van der Waals surface area contributed by atoms with Crippen LogP contribution in [-0.2, 0) is 0 Å². The molecule has 2 aromatic rings. The van der Waals surface area contributed by atoms with Crippen molar-refractivity contribution in [1.29, 1.82) is 0 Å². The minimum atomic E-state index is 0.246. The van der Waals surface area contributed by atoms with Crippen molar-refractivity contribution in [3.8, 4) is 0 Å². The maximum Gasteiger partial charge on any atom is 0.149 e. The molecule has 0 aliphatic heterocycles. The van der Waals surface area contributed by atoms with Crippen molar-refractivity contribution in [2.45, 2.75) is 0 Å². The van der Waals surface area contributed by atoms with Crippen LogP contribution in [0.5, 0.6) is 0 Å². The normalized spacial score (nSPS) is 10.4. The van der Waals surface area contributed by atoms with Gasteiger partial charge in [-0.1, -0.05) is 34.8 Å². The van der Waals surface area contributed by atoms with Gasteiger partial charge in [-0.25, -0.2) is 4.98 Å². The lowest BCUT2D eigenvalue weighted by atomic mass is 10.3. The fourth-order valence-corrected chi connectivity index (χ4v) is 1.91. The summed E-state index contributed by atoms with van der Waals surface area (Å²) in [7, 11) is 0. The minimum Gasteiger partial charge on any atom is -0.396 e. The summed E-state index contributed by atoms with van der Waals surface area (Å²) in [6.45, 7) is 0. The third-order valence-electron chi connectivity index (χ3n) is 2.23. The van der Waals surface area contributed by atoms with Gasteiger partial charge in [0, 0.05) is 0 Å². The number of anilines is 4. The number of rotatable bonds is 2. The monoisotopic (exact) mass is 302 g/mol. The van der Waals surface area contributed by atoms with Crippen LogP contribution in [0.2, 0.25) is 15.1 Å². The Balaban J connectivity index is 2.34. The highest BCUT2D eigenvalue weighted by Gasteiger charge is 2.07. The molecule has 0 aliphatic rings. The topological polar surface area (TPSA) is 77.0 Å². The molecule has 0 fully saturated rings. The molecular weight excluding hydrogens is 295 g/mol. The van der Waals surface area contributed by atoms with Crippen molar-refractivity contribution in [3.63, 3.8) is 0 Å². The third kappa shape index (κ3) is 2.72. The van der Waals surface area contributed by atoms with Crippen LogP contribution in [0, 0.1) is 0 Å². The zero-order chi connectivity index (χ0) is 13.3. The second-order valence-electron chi connectivity index (χ2n) is 3.54. The fourth-order valence-electron chi connectivity index (χ4n) is 1.31. The molecule has 1 aromatic carbocycles. The van der Waals surface area contributed by atoms with Crippen molar-refractivity contribution < 1.29 is 0 Å². The summed E-state index contributed by atoms with van der Waals surface area (Å²) in [6, 6.07) is 6.50. The first-order chi connectivity index (χ1) is 8.47. The van der Waals surface area contributed by atoms with Gasteiger partial charge in [-0.2, -0.15) is 0 Å². The quantitative estimate of drug-likeness (QED) is 0.734. The summed E-state index contributed by atoms with van der Waals surface area (Å²) in [6.07, 6.45) is 0. The Morgan fingerprint density at radius 1 is 0.944 bits per heavy atom. The lowest BCUT2D eigenvalue weighted by molar-refractivity contribution is 1.32. The molecule has 0 bridgehead atoms. The van der Waals surface area contributed by atoms with Crippen LogP contribution in [0.25, 0.3) is 0 Å². The van der Waals surface area contributed by atoms with E-state index in [2.05, 4.69) is 10.3 Å².